The molecule has 0 radical (unpaired) electrons. The second kappa shape index (κ2) is 8.88. The lowest BCUT2D eigenvalue weighted by atomic mass is 10.2. The average molecular weight is 406 g/mol. The Bertz CT molecular complexity index is 895. The topological polar surface area (TPSA) is 68.5 Å². The van der Waals surface area contributed by atoms with Gasteiger partial charge in [-0.25, -0.2) is 0 Å². The number of nitrogens with zero attached hydrogens (tertiary/aromatic N) is 3. The third-order valence-electron chi connectivity index (χ3n) is 3.83. The summed E-state index contributed by atoms with van der Waals surface area (Å²) in [6, 6.07) is 14.0. The van der Waals surface area contributed by atoms with E-state index >= 15 is 0 Å². The third-order valence-corrected chi connectivity index (χ3v) is 4.34. The first kappa shape index (κ1) is 19.2. The number of hydrogen-bond donors (Lipinski definition) is 0. The Kier molecular flexibility index (Phi) is 6.32. The van der Waals surface area contributed by atoms with Crippen molar-refractivity contribution in [2.24, 2.45) is 0 Å². The first-order valence-electron chi connectivity index (χ1n) is 8.22. The van der Waals surface area contributed by atoms with Crippen molar-refractivity contribution in [3.63, 3.8) is 0 Å². The number of benzene rings is 2. The van der Waals surface area contributed by atoms with Crippen LogP contribution in [0.4, 0.5) is 0 Å². The lowest BCUT2D eigenvalue weighted by Gasteiger charge is -2.16. The number of ether oxygens (including phenoxy) is 1. The molecule has 2 aromatic carbocycles. The average Bonchev–Trinajstić information content (AvgIpc) is 3.15. The number of rotatable bonds is 7. The van der Waals surface area contributed by atoms with E-state index in [0.29, 0.717) is 40.5 Å². The highest BCUT2D eigenvalue weighted by Gasteiger charge is 2.13. The number of amides is 1. The van der Waals surface area contributed by atoms with Gasteiger partial charge in [-0.05, 0) is 48.5 Å². The largest absolute Gasteiger partial charge is 0.484 e. The van der Waals surface area contributed by atoms with Crippen LogP contribution < -0.4 is 4.74 Å². The quantitative estimate of drug-likeness (QED) is 0.591. The van der Waals surface area contributed by atoms with Crippen LogP contribution in [-0.4, -0.2) is 41.1 Å². The van der Waals surface area contributed by atoms with Crippen molar-refractivity contribution in [1.29, 1.82) is 0 Å². The Hall–Kier alpha value is -2.57. The second-order valence-electron chi connectivity index (χ2n) is 5.83. The molecule has 0 aliphatic carbocycles. The van der Waals surface area contributed by atoms with Gasteiger partial charge in [0.05, 0.1) is 0 Å². The fraction of sp³-hybridized carbons (Fsp3) is 0.211. The minimum atomic E-state index is -0.147. The highest BCUT2D eigenvalue weighted by Crippen LogP contribution is 2.20. The Morgan fingerprint density at radius 1 is 1.07 bits per heavy atom. The molecule has 8 heteroatoms. The molecule has 27 heavy (non-hydrogen) atoms. The summed E-state index contributed by atoms with van der Waals surface area (Å²) in [7, 11) is 1.70. The Morgan fingerprint density at radius 2 is 1.70 bits per heavy atom. The molecule has 6 nitrogen and oxygen atoms in total. The smallest absolute Gasteiger partial charge is 0.260 e. The maximum Gasteiger partial charge on any atom is 0.260 e. The molecule has 0 aliphatic rings. The third kappa shape index (κ3) is 5.45. The zero-order valence-corrected chi connectivity index (χ0v) is 16.1. The normalized spacial score (nSPS) is 10.6. The molecule has 1 heterocycles. The van der Waals surface area contributed by atoms with Crippen LogP contribution >= 0.6 is 23.2 Å². The fourth-order valence-corrected chi connectivity index (χ4v) is 2.50. The van der Waals surface area contributed by atoms with Crippen LogP contribution in [0.2, 0.25) is 10.0 Å². The van der Waals surface area contributed by atoms with Crippen molar-refractivity contribution in [2.75, 3.05) is 20.2 Å². The van der Waals surface area contributed by atoms with Crippen molar-refractivity contribution in [1.82, 2.24) is 15.0 Å². The minimum Gasteiger partial charge on any atom is -0.484 e. The van der Waals surface area contributed by atoms with Gasteiger partial charge < -0.3 is 14.2 Å². The van der Waals surface area contributed by atoms with E-state index in [-0.39, 0.29) is 12.5 Å². The van der Waals surface area contributed by atoms with Crippen molar-refractivity contribution in [3.8, 4) is 17.2 Å². The molecular formula is C19H17Cl2N3O3. The van der Waals surface area contributed by atoms with Crippen molar-refractivity contribution >= 4 is 29.1 Å². The van der Waals surface area contributed by atoms with Crippen LogP contribution in [0, 0.1) is 0 Å². The van der Waals surface area contributed by atoms with E-state index in [1.54, 1.807) is 48.3 Å². The molecule has 0 unspecified atom stereocenters. The molecule has 3 aromatic rings. The van der Waals surface area contributed by atoms with Crippen LogP contribution in [-0.2, 0) is 11.2 Å². The molecular weight excluding hydrogens is 389 g/mol. The monoisotopic (exact) mass is 405 g/mol. The van der Waals surface area contributed by atoms with E-state index in [1.807, 2.05) is 12.1 Å². The molecule has 0 atom stereocenters. The predicted molar refractivity (Wildman–Crippen MR) is 103 cm³/mol. The van der Waals surface area contributed by atoms with E-state index in [0.717, 1.165) is 5.56 Å². The minimum absolute atomic E-state index is 0.0552. The van der Waals surface area contributed by atoms with Crippen LogP contribution in [0.5, 0.6) is 5.75 Å². The fourth-order valence-electron chi connectivity index (χ4n) is 2.24. The van der Waals surface area contributed by atoms with E-state index in [1.165, 1.54) is 0 Å². The predicted octanol–water partition coefficient (Wildman–Crippen LogP) is 4.12. The molecule has 3 rings (SSSR count). The van der Waals surface area contributed by atoms with Crippen LogP contribution in [0.15, 0.2) is 53.1 Å². The van der Waals surface area contributed by atoms with Crippen LogP contribution in [0.3, 0.4) is 0 Å². The van der Waals surface area contributed by atoms with Crippen molar-refractivity contribution < 1.29 is 14.1 Å². The summed E-state index contributed by atoms with van der Waals surface area (Å²) in [6.45, 7) is 0.392. The Balaban J connectivity index is 1.48. The molecule has 1 aromatic heterocycles. The lowest BCUT2D eigenvalue weighted by molar-refractivity contribution is -0.132. The van der Waals surface area contributed by atoms with E-state index in [4.69, 9.17) is 32.5 Å². The van der Waals surface area contributed by atoms with Gasteiger partial charge in [-0.3, -0.25) is 4.79 Å². The molecule has 0 aliphatic heterocycles. The highest BCUT2D eigenvalue weighted by atomic mass is 35.5. The Morgan fingerprint density at radius 3 is 2.37 bits per heavy atom. The molecule has 0 N–H and O–H groups in total. The first-order valence-corrected chi connectivity index (χ1v) is 8.98. The standard InChI is InChI=1S/C19H17Cl2N3O3/c1-24(18(25)12-26-16-8-6-15(21)7-9-16)11-10-17-22-19(27-23-17)13-2-4-14(20)5-3-13/h2-9H,10-12H2,1H3. The van der Waals surface area contributed by atoms with Crippen LogP contribution in [0.1, 0.15) is 5.82 Å². The summed E-state index contributed by atoms with van der Waals surface area (Å²) in [4.78, 5) is 18.1. The highest BCUT2D eigenvalue weighted by molar-refractivity contribution is 6.30. The lowest BCUT2D eigenvalue weighted by Crippen LogP contribution is -2.33. The zero-order chi connectivity index (χ0) is 19.2. The van der Waals surface area contributed by atoms with Gasteiger partial charge in [0.15, 0.2) is 12.4 Å². The summed E-state index contributed by atoms with van der Waals surface area (Å²) in [5.74, 6) is 1.39. The van der Waals surface area contributed by atoms with Gasteiger partial charge in [-0.1, -0.05) is 28.4 Å². The first-order chi connectivity index (χ1) is 13.0. The maximum atomic E-state index is 12.2. The molecule has 140 valence electrons. The Labute approximate surface area is 166 Å². The summed E-state index contributed by atoms with van der Waals surface area (Å²) < 4.78 is 10.7. The molecule has 0 saturated carbocycles. The molecule has 0 saturated heterocycles. The number of aromatic nitrogens is 2. The number of likely N-dealkylation sites (N-methyl/N-ethyl adjacent to an activating group) is 1. The van der Waals surface area contributed by atoms with Gasteiger partial charge in [-0.15, -0.1) is 0 Å². The number of halogens is 2. The summed E-state index contributed by atoms with van der Waals surface area (Å²) in [5, 5.41) is 5.20. The van der Waals surface area contributed by atoms with Gasteiger partial charge >= 0.3 is 0 Å². The van der Waals surface area contributed by atoms with Crippen molar-refractivity contribution in [2.45, 2.75) is 6.42 Å². The molecule has 1 amide bonds. The number of hydrogen-bond acceptors (Lipinski definition) is 5. The summed E-state index contributed by atoms with van der Waals surface area (Å²) in [5.41, 5.74) is 0.791. The second-order valence-corrected chi connectivity index (χ2v) is 6.70. The molecule has 0 fully saturated rings. The SMILES string of the molecule is CN(CCc1noc(-c2ccc(Cl)cc2)n1)C(=O)COc1ccc(Cl)cc1. The van der Waals surface area contributed by atoms with Crippen LogP contribution in [0.25, 0.3) is 11.5 Å². The zero-order valence-electron chi connectivity index (χ0n) is 14.6. The van der Waals surface area contributed by atoms with E-state index in [9.17, 15) is 4.79 Å². The summed E-state index contributed by atoms with van der Waals surface area (Å²) >= 11 is 11.7. The number of carbonyl (C=O) groups is 1. The van der Waals surface area contributed by atoms with E-state index in [2.05, 4.69) is 10.1 Å². The van der Waals surface area contributed by atoms with Gasteiger partial charge in [-0.2, -0.15) is 4.98 Å². The maximum absolute atomic E-state index is 12.2. The van der Waals surface area contributed by atoms with Gasteiger partial charge in [0.2, 0.25) is 0 Å². The van der Waals surface area contributed by atoms with Gasteiger partial charge in [0, 0.05) is 35.6 Å². The number of carbonyl (C=O) groups excluding carboxylic acids is 1. The molecule has 0 bridgehead atoms. The van der Waals surface area contributed by atoms with Gasteiger partial charge in [0.1, 0.15) is 5.75 Å². The molecule has 0 spiro atoms. The van der Waals surface area contributed by atoms with Gasteiger partial charge in [0.25, 0.3) is 11.8 Å². The van der Waals surface area contributed by atoms with E-state index < -0.39 is 0 Å². The summed E-state index contributed by atoms with van der Waals surface area (Å²) in [6.07, 6.45) is 0.472. The van der Waals surface area contributed by atoms with Crippen molar-refractivity contribution in [3.05, 3.63) is 64.4 Å².